The summed E-state index contributed by atoms with van der Waals surface area (Å²) in [6.45, 7) is 3.72. The molecular formula is C4H12N2OS. The minimum atomic E-state index is -2.47. The maximum Gasteiger partial charge on any atom is 0.102 e. The molecule has 0 saturated heterocycles. The molecule has 0 aromatic heterocycles. The topological polar surface area (TPSA) is 53.0 Å². The fourth-order valence-electron chi connectivity index (χ4n) is 0.450. The first-order valence-corrected chi connectivity index (χ1v) is 4.39. The van der Waals surface area contributed by atoms with E-state index in [1.54, 1.807) is 0 Å². The van der Waals surface area contributed by atoms with Gasteiger partial charge >= 0.3 is 0 Å². The molecule has 0 amide bonds. The largest absolute Gasteiger partial charge is 0.241 e. The van der Waals surface area contributed by atoms with Crippen LogP contribution in [0.1, 0.15) is 13.8 Å². The van der Waals surface area contributed by atoms with Crippen molar-refractivity contribution < 1.29 is 4.21 Å². The van der Waals surface area contributed by atoms with Crippen molar-refractivity contribution >= 4 is 9.92 Å². The van der Waals surface area contributed by atoms with Crippen LogP contribution in [-0.4, -0.2) is 16.5 Å². The Morgan fingerprint density at radius 1 is 1.62 bits per heavy atom. The first kappa shape index (κ1) is 7.91. The van der Waals surface area contributed by atoms with Crippen LogP contribution in [0, 0.1) is 4.78 Å². The van der Waals surface area contributed by atoms with E-state index in [-0.39, 0.29) is 6.04 Å². The van der Waals surface area contributed by atoms with Gasteiger partial charge < -0.3 is 0 Å². The first-order valence-electron chi connectivity index (χ1n) is 2.43. The number of nitrogens with one attached hydrogen (secondary N) is 2. The van der Waals surface area contributed by atoms with E-state index in [2.05, 4.69) is 4.72 Å². The highest BCUT2D eigenvalue weighted by Gasteiger charge is 1.96. The zero-order valence-corrected chi connectivity index (χ0v) is 6.21. The zero-order valence-electron chi connectivity index (χ0n) is 5.39. The van der Waals surface area contributed by atoms with Gasteiger partial charge in [0.25, 0.3) is 0 Å². The molecule has 0 aromatic rings. The first-order chi connectivity index (χ1) is 3.42. The normalized spacial score (nSPS) is 18.5. The van der Waals surface area contributed by atoms with Gasteiger partial charge in [-0.25, -0.2) is 13.7 Å². The van der Waals surface area contributed by atoms with Crippen molar-refractivity contribution in [1.82, 2.24) is 4.72 Å². The fourth-order valence-corrected chi connectivity index (χ4v) is 1.35. The monoisotopic (exact) mass is 136 g/mol. The molecule has 0 aromatic carbocycles. The lowest BCUT2D eigenvalue weighted by atomic mass is 10.4. The SMILES string of the molecule is CC(C)NS(C)(=N)=O. The van der Waals surface area contributed by atoms with Crippen LogP contribution in [-0.2, 0) is 9.92 Å². The van der Waals surface area contributed by atoms with Crippen molar-refractivity contribution in [2.45, 2.75) is 19.9 Å². The molecule has 1 unspecified atom stereocenters. The Kier molecular flexibility index (Phi) is 2.43. The summed E-state index contributed by atoms with van der Waals surface area (Å²) in [7, 11) is -2.47. The molecule has 0 fully saturated rings. The van der Waals surface area contributed by atoms with Gasteiger partial charge in [-0.2, -0.15) is 0 Å². The van der Waals surface area contributed by atoms with Gasteiger partial charge in [0.05, 0.1) is 0 Å². The summed E-state index contributed by atoms with van der Waals surface area (Å²) >= 11 is 0. The van der Waals surface area contributed by atoms with Gasteiger partial charge in [-0.3, -0.25) is 0 Å². The molecule has 50 valence electrons. The van der Waals surface area contributed by atoms with Gasteiger partial charge in [-0.05, 0) is 13.8 Å². The van der Waals surface area contributed by atoms with E-state index >= 15 is 0 Å². The average molecular weight is 136 g/mol. The second kappa shape index (κ2) is 2.46. The molecule has 4 heteroatoms. The molecule has 0 aliphatic rings. The lowest BCUT2D eigenvalue weighted by molar-refractivity contribution is 0.650. The van der Waals surface area contributed by atoms with E-state index in [4.69, 9.17) is 4.78 Å². The molecule has 0 bridgehead atoms. The number of rotatable bonds is 2. The van der Waals surface area contributed by atoms with E-state index < -0.39 is 9.92 Å². The van der Waals surface area contributed by atoms with Crippen LogP contribution in [0.3, 0.4) is 0 Å². The highest BCUT2D eigenvalue weighted by atomic mass is 32.2. The highest BCUT2D eigenvalue weighted by molar-refractivity contribution is 7.89. The molecule has 0 rings (SSSR count). The molecule has 8 heavy (non-hydrogen) atoms. The summed E-state index contributed by atoms with van der Waals surface area (Å²) in [6, 6.07) is 0.130. The molecule has 0 saturated carbocycles. The second-order valence-corrected chi connectivity index (χ2v) is 4.04. The Hall–Kier alpha value is -0.0900. The van der Waals surface area contributed by atoms with Crippen LogP contribution in [0.5, 0.6) is 0 Å². The zero-order chi connectivity index (χ0) is 6.78. The number of hydrogen-bond donors (Lipinski definition) is 2. The quantitative estimate of drug-likeness (QED) is 0.573. The van der Waals surface area contributed by atoms with Crippen LogP contribution in [0.25, 0.3) is 0 Å². The van der Waals surface area contributed by atoms with Crippen LogP contribution >= 0.6 is 0 Å². The predicted molar refractivity (Wildman–Crippen MR) is 35.1 cm³/mol. The molecule has 0 spiro atoms. The van der Waals surface area contributed by atoms with Gasteiger partial charge in [-0.15, -0.1) is 0 Å². The molecule has 1 atom stereocenters. The molecule has 0 heterocycles. The van der Waals surface area contributed by atoms with Crippen LogP contribution in [0.2, 0.25) is 0 Å². The number of hydrogen-bond acceptors (Lipinski definition) is 2. The summed E-state index contributed by atoms with van der Waals surface area (Å²) in [6.07, 6.45) is 1.37. The molecular weight excluding hydrogens is 124 g/mol. The average Bonchev–Trinajstić information content (AvgIpc) is 1.21. The standard InChI is InChI=1S/C4H12N2OS/c1-4(2)6-8(3,5)7/h4H,1-3H3,(H2,5,6,7). The molecule has 0 aliphatic carbocycles. The highest BCUT2D eigenvalue weighted by Crippen LogP contribution is 1.81. The van der Waals surface area contributed by atoms with Crippen molar-refractivity contribution in [2.75, 3.05) is 6.26 Å². The van der Waals surface area contributed by atoms with Crippen LogP contribution in [0.15, 0.2) is 0 Å². The molecule has 0 aliphatic heterocycles. The summed E-state index contributed by atoms with van der Waals surface area (Å²) in [5, 5.41) is 0. The van der Waals surface area contributed by atoms with Gasteiger partial charge in [0.15, 0.2) is 0 Å². The minimum absolute atomic E-state index is 0.130. The predicted octanol–water partition coefficient (Wildman–Crippen LogP) is 0.576. The third kappa shape index (κ3) is 5.91. The van der Waals surface area contributed by atoms with Crippen LogP contribution < -0.4 is 4.72 Å². The summed E-state index contributed by atoms with van der Waals surface area (Å²) in [5.74, 6) is 0. The second-order valence-electron chi connectivity index (χ2n) is 2.12. The maximum absolute atomic E-state index is 10.6. The van der Waals surface area contributed by atoms with Crippen molar-refractivity contribution in [2.24, 2.45) is 0 Å². The minimum Gasteiger partial charge on any atom is -0.241 e. The Balaban J connectivity index is 3.75. The van der Waals surface area contributed by atoms with Gasteiger partial charge in [0, 0.05) is 12.3 Å². The van der Waals surface area contributed by atoms with Crippen molar-refractivity contribution in [3.63, 3.8) is 0 Å². The van der Waals surface area contributed by atoms with Crippen molar-refractivity contribution in [3.8, 4) is 0 Å². The van der Waals surface area contributed by atoms with E-state index in [9.17, 15) is 4.21 Å². The Labute approximate surface area is 50.6 Å². The lowest BCUT2D eigenvalue weighted by Gasteiger charge is -2.05. The summed E-state index contributed by atoms with van der Waals surface area (Å²) in [5.41, 5.74) is 0. The van der Waals surface area contributed by atoms with E-state index in [0.717, 1.165) is 0 Å². The third-order valence-corrected chi connectivity index (χ3v) is 1.38. The third-order valence-electron chi connectivity index (χ3n) is 0.461. The van der Waals surface area contributed by atoms with Crippen molar-refractivity contribution in [3.05, 3.63) is 0 Å². The Morgan fingerprint density at radius 2 is 2.00 bits per heavy atom. The Morgan fingerprint density at radius 3 is 2.00 bits per heavy atom. The maximum atomic E-state index is 10.6. The summed E-state index contributed by atoms with van der Waals surface area (Å²) < 4.78 is 20.0. The van der Waals surface area contributed by atoms with E-state index in [1.807, 2.05) is 13.8 Å². The van der Waals surface area contributed by atoms with E-state index in [0.29, 0.717) is 0 Å². The molecule has 2 N–H and O–H groups in total. The van der Waals surface area contributed by atoms with Gasteiger partial charge in [0.1, 0.15) is 9.92 Å². The molecule has 0 radical (unpaired) electrons. The molecule has 3 nitrogen and oxygen atoms in total. The van der Waals surface area contributed by atoms with Gasteiger partial charge in [-0.1, -0.05) is 0 Å². The van der Waals surface area contributed by atoms with Gasteiger partial charge in [0.2, 0.25) is 0 Å². The van der Waals surface area contributed by atoms with Crippen LogP contribution in [0.4, 0.5) is 0 Å². The van der Waals surface area contributed by atoms with E-state index in [1.165, 1.54) is 6.26 Å². The smallest absolute Gasteiger partial charge is 0.102 e. The van der Waals surface area contributed by atoms with Crippen molar-refractivity contribution in [1.29, 1.82) is 4.78 Å². The summed E-state index contributed by atoms with van der Waals surface area (Å²) in [4.78, 5) is 0. The Bertz CT molecular complexity index is 147. The fraction of sp³-hybridized carbons (Fsp3) is 1.00. The lowest BCUT2D eigenvalue weighted by Crippen LogP contribution is -2.27.